The molecule has 0 aromatic carbocycles. The van der Waals surface area contributed by atoms with Gasteiger partial charge in [0.05, 0.1) is 19.3 Å². The van der Waals surface area contributed by atoms with Crippen molar-refractivity contribution in [1.29, 1.82) is 0 Å². The van der Waals surface area contributed by atoms with E-state index in [1.807, 2.05) is 0 Å². The van der Waals surface area contributed by atoms with Gasteiger partial charge in [-0.3, -0.25) is 9.36 Å². The quantitative estimate of drug-likeness (QED) is 0.699. The first-order valence-electron chi connectivity index (χ1n) is 5.06. The summed E-state index contributed by atoms with van der Waals surface area (Å²) in [6.45, 7) is 6.92. The van der Waals surface area contributed by atoms with E-state index in [2.05, 4.69) is 0 Å². The summed E-state index contributed by atoms with van der Waals surface area (Å²) in [6, 6.07) is 0. The van der Waals surface area contributed by atoms with E-state index in [1.165, 1.54) is 6.66 Å². The Morgan fingerprint density at radius 2 is 1.93 bits per heavy atom. The number of carbonyl (C=O) groups is 1. The standard InChI is InChI=1S/C9H18NO4P/c1-8(2)14-15(3,12)9(11)10-4-6-13-7-5-10/h8H,4-7H2,1-3H3/t15-/m1/s1. The van der Waals surface area contributed by atoms with Crippen molar-refractivity contribution in [2.24, 2.45) is 0 Å². The van der Waals surface area contributed by atoms with Crippen LogP contribution in [-0.2, 0) is 13.8 Å². The largest absolute Gasteiger partial charge is 0.378 e. The molecule has 1 atom stereocenters. The number of ether oxygens (including phenoxy) is 1. The Morgan fingerprint density at radius 3 is 2.40 bits per heavy atom. The maximum absolute atomic E-state index is 12.0. The van der Waals surface area contributed by atoms with Gasteiger partial charge in [0.15, 0.2) is 0 Å². The van der Waals surface area contributed by atoms with Crippen LogP contribution in [0.3, 0.4) is 0 Å². The molecule has 6 heteroatoms. The minimum Gasteiger partial charge on any atom is -0.378 e. The Hall–Kier alpha value is -0.380. The van der Waals surface area contributed by atoms with E-state index in [4.69, 9.17) is 9.26 Å². The highest BCUT2D eigenvalue weighted by Gasteiger charge is 2.33. The summed E-state index contributed by atoms with van der Waals surface area (Å²) in [5, 5.41) is 0. The van der Waals surface area contributed by atoms with E-state index in [0.717, 1.165) is 0 Å². The molecule has 0 bridgehead atoms. The van der Waals surface area contributed by atoms with Gasteiger partial charge in [0.2, 0.25) is 0 Å². The molecule has 0 aromatic rings. The van der Waals surface area contributed by atoms with Crippen LogP contribution >= 0.6 is 7.37 Å². The number of carbonyl (C=O) groups excluding carboxylic acids is 1. The van der Waals surface area contributed by atoms with Crippen LogP contribution in [0.5, 0.6) is 0 Å². The molecule has 0 aromatic heterocycles. The highest BCUT2D eigenvalue weighted by atomic mass is 31.2. The van der Waals surface area contributed by atoms with E-state index in [-0.39, 0.29) is 11.8 Å². The first kappa shape index (κ1) is 12.7. The van der Waals surface area contributed by atoms with Crippen molar-refractivity contribution in [2.75, 3.05) is 33.0 Å². The maximum Gasteiger partial charge on any atom is 0.308 e. The van der Waals surface area contributed by atoms with Crippen molar-refractivity contribution < 1.29 is 18.6 Å². The molecule has 1 aliphatic heterocycles. The molecule has 0 saturated carbocycles. The van der Waals surface area contributed by atoms with Crippen LogP contribution in [0.4, 0.5) is 4.79 Å². The van der Waals surface area contributed by atoms with E-state index in [1.54, 1.807) is 18.7 Å². The first-order valence-corrected chi connectivity index (χ1v) is 7.14. The molecular weight excluding hydrogens is 217 g/mol. The van der Waals surface area contributed by atoms with Gasteiger partial charge in [0.25, 0.3) is 7.37 Å². The van der Waals surface area contributed by atoms with E-state index in [0.29, 0.717) is 26.3 Å². The zero-order chi connectivity index (χ0) is 11.5. The lowest BCUT2D eigenvalue weighted by molar-refractivity contribution is 0.0577. The third-order valence-electron chi connectivity index (χ3n) is 2.04. The van der Waals surface area contributed by atoms with Crippen LogP contribution in [0.25, 0.3) is 0 Å². The summed E-state index contributed by atoms with van der Waals surface area (Å²) in [5.74, 6) is 0. The molecule has 1 fully saturated rings. The second-order valence-electron chi connectivity index (χ2n) is 3.88. The van der Waals surface area contributed by atoms with Crippen molar-refractivity contribution in [3.8, 4) is 0 Å². The molecule has 15 heavy (non-hydrogen) atoms. The van der Waals surface area contributed by atoms with Gasteiger partial charge >= 0.3 is 5.65 Å². The number of rotatable bonds is 3. The van der Waals surface area contributed by atoms with Crippen LogP contribution in [0.15, 0.2) is 0 Å². The normalized spacial score (nSPS) is 21.5. The Labute approximate surface area is 90.2 Å². The predicted molar refractivity (Wildman–Crippen MR) is 57.5 cm³/mol. The molecule has 0 N–H and O–H groups in total. The lowest BCUT2D eigenvalue weighted by atomic mass is 10.5. The zero-order valence-electron chi connectivity index (χ0n) is 9.43. The average Bonchev–Trinajstić information content (AvgIpc) is 2.16. The minimum absolute atomic E-state index is 0.203. The first-order chi connectivity index (χ1) is 6.93. The highest BCUT2D eigenvalue weighted by Crippen LogP contribution is 2.46. The van der Waals surface area contributed by atoms with Gasteiger partial charge in [0, 0.05) is 19.8 Å². The number of hydrogen-bond donors (Lipinski definition) is 0. The van der Waals surface area contributed by atoms with Crippen LogP contribution in [0.2, 0.25) is 0 Å². The van der Waals surface area contributed by atoms with E-state index < -0.39 is 7.37 Å². The molecule has 88 valence electrons. The highest BCUT2D eigenvalue weighted by molar-refractivity contribution is 7.75. The Morgan fingerprint density at radius 1 is 1.40 bits per heavy atom. The van der Waals surface area contributed by atoms with Crippen molar-refractivity contribution >= 4 is 13.0 Å². The number of amides is 1. The van der Waals surface area contributed by atoms with Gasteiger partial charge in [-0.15, -0.1) is 0 Å². The Balaban J connectivity index is 2.61. The summed E-state index contributed by atoms with van der Waals surface area (Å²) in [5.41, 5.74) is -0.389. The molecule has 5 nitrogen and oxygen atoms in total. The monoisotopic (exact) mass is 235 g/mol. The zero-order valence-corrected chi connectivity index (χ0v) is 10.3. The molecule has 1 saturated heterocycles. The fourth-order valence-corrected chi connectivity index (χ4v) is 3.07. The van der Waals surface area contributed by atoms with Gasteiger partial charge in [0.1, 0.15) is 0 Å². The van der Waals surface area contributed by atoms with Crippen molar-refractivity contribution in [2.45, 2.75) is 20.0 Å². The van der Waals surface area contributed by atoms with Crippen molar-refractivity contribution in [3.05, 3.63) is 0 Å². The SMILES string of the molecule is CC(C)O[P@@](C)(=O)C(=O)N1CCOCC1. The number of hydrogen-bond acceptors (Lipinski definition) is 4. The maximum atomic E-state index is 12.0. The molecule has 0 radical (unpaired) electrons. The van der Waals surface area contributed by atoms with E-state index in [9.17, 15) is 9.36 Å². The molecule has 0 aliphatic carbocycles. The number of morpholine rings is 1. The predicted octanol–water partition coefficient (Wildman–Crippen LogP) is 1.77. The van der Waals surface area contributed by atoms with Gasteiger partial charge in [-0.05, 0) is 13.8 Å². The third-order valence-corrected chi connectivity index (χ3v) is 3.84. The van der Waals surface area contributed by atoms with Crippen LogP contribution < -0.4 is 0 Å². The average molecular weight is 235 g/mol. The van der Waals surface area contributed by atoms with Crippen molar-refractivity contribution in [1.82, 2.24) is 4.90 Å². The third kappa shape index (κ3) is 3.59. The molecule has 0 spiro atoms. The summed E-state index contributed by atoms with van der Waals surface area (Å²) in [7, 11) is -3.18. The fourth-order valence-electron chi connectivity index (χ4n) is 1.46. The lowest BCUT2D eigenvalue weighted by Gasteiger charge is -2.29. The van der Waals surface area contributed by atoms with Crippen molar-refractivity contribution in [3.63, 3.8) is 0 Å². The van der Waals surface area contributed by atoms with Crippen LogP contribution in [0.1, 0.15) is 13.8 Å². The van der Waals surface area contributed by atoms with Gasteiger partial charge in [-0.1, -0.05) is 0 Å². The summed E-state index contributed by atoms with van der Waals surface area (Å²) < 4.78 is 22.3. The number of nitrogens with zero attached hydrogens (tertiary/aromatic N) is 1. The summed E-state index contributed by atoms with van der Waals surface area (Å²) >= 11 is 0. The molecule has 0 unspecified atom stereocenters. The minimum atomic E-state index is -3.18. The molecule has 1 aliphatic rings. The smallest absolute Gasteiger partial charge is 0.308 e. The Kier molecular flexibility index (Phi) is 4.32. The van der Waals surface area contributed by atoms with E-state index >= 15 is 0 Å². The topological polar surface area (TPSA) is 55.8 Å². The molecular formula is C9H18NO4P. The van der Waals surface area contributed by atoms with Crippen LogP contribution in [0, 0.1) is 0 Å². The van der Waals surface area contributed by atoms with Crippen LogP contribution in [-0.4, -0.2) is 49.6 Å². The second-order valence-corrected chi connectivity index (χ2v) is 6.17. The van der Waals surface area contributed by atoms with Gasteiger partial charge < -0.3 is 14.2 Å². The summed E-state index contributed by atoms with van der Waals surface area (Å²) in [6.07, 6.45) is -0.203. The van der Waals surface area contributed by atoms with Gasteiger partial charge in [-0.2, -0.15) is 0 Å². The molecule has 1 amide bonds. The molecule has 1 heterocycles. The fraction of sp³-hybridized carbons (Fsp3) is 0.889. The second kappa shape index (κ2) is 5.10. The Bertz CT molecular complexity index is 273. The van der Waals surface area contributed by atoms with Gasteiger partial charge in [-0.25, -0.2) is 0 Å². The summed E-state index contributed by atoms with van der Waals surface area (Å²) in [4.78, 5) is 13.4. The molecule has 1 rings (SSSR count). The lowest BCUT2D eigenvalue weighted by Crippen LogP contribution is -2.40.